The molecule has 3 aromatic rings. The van der Waals surface area contributed by atoms with Crippen LogP contribution in [0.15, 0.2) is 77.4 Å². The van der Waals surface area contributed by atoms with E-state index < -0.39 is 0 Å². The van der Waals surface area contributed by atoms with Crippen molar-refractivity contribution < 1.29 is 4.79 Å². The summed E-state index contributed by atoms with van der Waals surface area (Å²) >= 11 is 3.39. The van der Waals surface area contributed by atoms with Gasteiger partial charge in [0.25, 0.3) is 0 Å². The van der Waals surface area contributed by atoms with Crippen LogP contribution in [0.5, 0.6) is 0 Å². The van der Waals surface area contributed by atoms with Crippen molar-refractivity contribution in [2.24, 2.45) is 0 Å². The van der Waals surface area contributed by atoms with Crippen molar-refractivity contribution in [3.05, 3.63) is 94.4 Å². The highest BCUT2D eigenvalue weighted by atomic mass is 79.9. The van der Waals surface area contributed by atoms with Gasteiger partial charge in [0, 0.05) is 45.1 Å². The normalized spacial score (nSPS) is 11.0. The Labute approximate surface area is 156 Å². The van der Waals surface area contributed by atoms with Gasteiger partial charge in [0.1, 0.15) is 0 Å². The minimum Gasteiger partial charge on any atom is -0.362 e. The molecule has 2 aromatic carbocycles. The van der Waals surface area contributed by atoms with Crippen molar-refractivity contribution in [3.63, 3.8) is 0 Å². The molecule has 3 nitrogen and oxygen atoms in total. The summed E-state index contributed by atoms with van der Waals surface area (Å²) in [5, 5.41) is 3.09. The van der Waals surface area contributed by atoms with E-state index in [9.17, 15) is 4.79 Å². The molecule has 0 saturated carbocycles. The summed E-state index contributed by atoms with van der Waals surface area (Å²) in [6, 6.07) is 19.6. The van der Waals surface area contributed by atoms with Crippen LogP contribution in [0.2, 0.25) is 0 Å². The van der Waals surface area contributed by atoms with Crippen LogP contribution in [0.4, 0.5) is 5.69 Å². The van der Waals surface area contributed by atoms with Crippen molar-refractivity contribution in [1.29, 1.82) is 0 Å². The zero-order valence-corrected chi connectivity index (χ0v) is 15.7. The summed E-state index contributed by atoms with van der Waals surface area (Å²) in [6.45, 7) is 4.14. The average Bonchev–Trinajstić information content (AvgIpc) is 2.95. The molecule has 25 heavy (non-hydrogen) atoms. The molecule has 0 bridgehead atoms. The van der Waals surface area contributed by atoms with Crippen LogP contribution in [0, 0.1) is 13.8 Å². The fourth-order valence-corrected chi connectivity index (χ4v) is 2.97. The predicted octanol–water partition coefficient (Wildman–Crippen LogP) is 5.67. The number of hydrogen-bond donors (Lipinski definition) is 1. The first kappa shape index (κ1) is 17.2. The summed E-state index contributed by atoms with van der Waals surface area (Å²) < 4.78 is 3.19. The molecule has 0 fully saturated rings. The van der Waals surface area contributed by atoms with Crippen LogP contribution in [0.25, 0.3) is 5.69 Å². The molecule has 0 aliphatic carbocycles. The number of aryl methyl sites for hydroxylation is 2. The molecule has 0 saturated heterocycles. The average molecular weight is 395 g/mol. The van der Waals surface area contributed by atoms with Crippen LogP contribution in [0.3, 0.4) is 0 Å². The van der Waals surface area contributed by atoms with Gasteiger partial charge < -0.3 is 9.88 Å². The Morgan fingerprint density at radius 3 is 2.12 bits per heavy atom. The molecule has 3 rings (SSSR count). The predicted molar refractivity (Wildman–Crippen MR) is 106 cm³/mol. The van der Waals surface area contributed by atoms with E-state index in [0.29, 0.717) is 5.56 Å². The zero-order chi connectivity index (χ0) is 17.8. The largest absolute Gasteiger partial charge is 0.362 e. The first-order valence-electron chi connectivity index (χ1n) is 8.03. The monoisotopic (exact) mass is 394 g/mol. The summed E-state index contributed by atoms with van der Waals surface area (Å²) in [5.74, 6) is -0.0305. The van der Waals surface area contributed by atoms with E-state index in [0.717, 1.165) is 15.8 Å². The number of hydrogen-bond acceptors (Lipinski definition) is 2. The molecule has 0 aliphatic rings. The summed E-state index contributed by atoms with van der Waals surface area (Å²) in [6.07, 6.45) is 3.21. The third-order valence-electron chi connectivity index (χ3n) is 4.01. The van der Waals surface area contributed by atoms with Gasteiger partial charge in [-0.2, -0.15) is 0 Å². The number of carbonyl (C=O) groups excluding carboxylic acids is 1. The van der Waals surface area contributed by atoms with E-state index in [4.69, 9.17) is 0 Å². The molecular formula is C21H19BrN2O. The van der Waals surface area contributed by atoms with Crippen molar-refractivity contribution >= 4 is 27.4 Å². The number of aromatic nitrogens is 1. The molecule has 1 aromatic heterocycles. The molecule has 126 valence electrons. The van der Waals surface area contributed by atoms with E-state index in [2.05, 4.69) is 51.8 Å². The first-order valence-corrected chi connectivity index (χ1v) is 8.82. The number of nitrogens with one attached hydrogen (secondary N) is 1. The van der Waals surface area contributed by atoms with Gasteiger partial charge in [0.2, 0.25) is 0 Å². The lowest BCUT2D eigenvalue weighted by molar-refractivity contribution is 0.104. The van der Waals surface area contributed by atoms with Crippen LogP contribution < -0.4 is 5.32 Å². The maximum Gasteiger partial charge on any atom is 0.187 e. The van der Waals surface area contributed by atoms with Gasteiger partial charge in [-0.3, -0.25) is 4.79 Å². The van der Waals surface area contributed by atoms with Crippen molar-refractivity contribution in [3.8, 4) is 5.69 Å². The second-order valence-electron chi connectivity index (χ2n) is 5.85. The van der Waals surface area contributed by atoms with E-state index in [-0.39, 0.29) is 5.78 Å². The molecular weight excluding hydrogens is 376 g/mol. The van der Waals surface area contributed by atoms with Gasteiger partial charge in [-0.15, -0.1) is 0 Å². The van der Waals surface area contributed by atoms with Crippen LogP contribution in [-0.2, 0) is 0 Å². The number of halogens is 1. The number of allylic oxidation sites excluding steroid dienone is 1. The van der Waals surface area contributed by atoms with Crippen LogP contribution in [0.1, 0.15) is 21.7 Å². The lowest BCUT2D eigenvalue weighted by Crippen LogP contribution is -2.00. The van der Waals surface area contributed by atoms with E-state index in [1.54, 1.807) is 12.3 Å². The number of anilines is 1. The number of benzene rings is 2. The third-order valence-corrected chi connectivity index (χ3v) is 4.54. The number of rotatable bonds is 5. The Bertz CT molecular complexity index is 887. The van der Waals surface area contributed by atoms with Crippen LogP contribution >= 0.6 is 15.9 Å². The van der Waals surface area contributed by atoms with Crippen molar-refractivity contribution in [1.82, 2.24) is 4.57 Å². The smallest absolute Gasteiger partial charge is 0.187 e. The fraction of sp³-hybridized carbons (Fsp3) is 0.0952. The maximum atomic E-state index is 12.3. The topological polar surface area (TPSA) is 34.0 Å². The maximum absolute atomic E-state index is 12.3. The fourth-order valence-electron chi connectivity index (χ4n) is 2.71. The quantitative estimate of drug-likeness (QED) is 0.447. The van der Waals surface area contributed by atoms with E-state index in [1.165, 1.54) is 11.4 Å². The molecule has 0 spiro atoms. The first-order chi connectivity index (χ1) is 12.0. The van der Waals surface area contributed by atoms with Gasteiger partial charge in [0.15, 0.2) is 5.78 Å². The molecule has 1 heterocycles. The van der Waals surface area contributed by atoms with Gasteiger partial charge in [-0.05, 0) is 74.5 Å². The lowest BCUT2D eigenvalue weighted by Gasteiger charge is -2.09. The van der Waals surface area contributed by atoms with Crippen molar-refractivity contribution in [2.45, 2.75) is 13.8 Å². The Morgan fingerprint density at radius 2 is 1.52 bits per heavy atom. The summed E-state index contributed by atoms with van der Waals surface area (Å²) in [7, 11) is 0. The van der Waals surface area contributed by atoms with E-state index in [1.807, 2.05) is 48.5 Å². The molecule has 0 amide bonds. The van der Waals surface area contributed by atoms with E-state index >= 15 is 0 Å². The molecule has 0 aliphatic heterocycles. The highest BCUT2D eigenvalue weighted by Crippen LogP contribution is 2.17. The third kappa shape index (κ3) is 4.09. The second kappa shape index (κ2) is 7.53. The molecule has 0 radical (unpaired) electrons. The molecule has 1 N–H and O–H groups in total. The number of nitrogens with zero attached hydrogens (tertiary/aromatic N) is 1. The van der Waals surface area contributed by atoms with Crippen LogP contribution in [-0.4, -0.2) is 10.4 Å². The minimum absolute atomic E-state index is 0.0305. The highest BCUT2D eigenvalue weighted by Gasteiger charge is 2.06. The Kier molecular flexibility index (Phi) is 5.19. The highest BCUT2D eigenvalue weighted by molar-refractivity contribution is 9.10. The summed E-state index contributed by atoms with van der Waals surface area (Å²) in [5.41, 5.74) is 5.01. The standard InChI is InChI=1S/C21H19BrN2O/c1-15-3-4-16(2)24(15)20-11-5-17(6-12-20)21(25)13-14-23-19-9-7-18(22)8-10-19/h3-14,23H,1-2H3/b14-13+. The molecule has 0 atom stereocenters. The Morgan fingerprint density at radius 1 is 0.920 bits per heavy atom. The lowest BCUT2D eigenvalue weighted by atomic mass is 10.1. The zero-order valence-electron chi connectivity index (χ0n) is 14.2. The second-order valence-corrected chi connectivity index (χ2v) is 6.76. The van der Waals surface area contributed by atoms with Crippen molar-refractivity contribution in [2.75, 3.05) is 5.32 Å². The minimum atomic E-state index is -0.0305. The Balaban J connectivity index is 1.68. The summed E-state index contributed by atoms with van der Waals surface area (Å²) in [4.78, 5) is 12.3. The SMILES string of the molecule is Cc1ccc(C)n1-c1ccc(C(=O)/C=C/Nc2ccc(Br)cc2)cc1. The number of ketones is 1. The van der Waals surface area contributed by atoms with Gasteiger partial charge in [-0.1, -0.05) is 15.9 Å². The van der Waals surface area contributed by atoms with Gasteiger partial charge in [0.05, 0.1) is 0 Å². The van der Waals surface area contributed by atoms with Gasteiger partial charge >= 0.3 is 0 Å². The molecule has 4 heteroatoms. The Hall–Kier alpha value is -2.59. The molecule has 0 unspecified atom stereocenters. The van der Waals surface area contributed by atoms with Gasteiger partial charge in [-0.25, -0.2) is 0 Å². The number of carbonyl (C=O) groups is 1.